The van der Waals surface area contributed by atoms with Crippen molar-refractivity contribution in [2.75, 3.05) is 26.8 Å². The number of hydrogen-bond acceptors (Lipinski definition) is 4. The number of thiophene rings is 1. The van der Waals surface area contributed by atoms with Gasteiger partial charge in [-0.2, -0.15) is 11.3 Å². The molecule has 0 bridgehead atoms. The Balaban J connectivity index is 2.04. The predicted octanol–water partition coefficient (Wildman–Crippen LogP) is 0.695. The summed E-state index contributed by atoms with van der Waals surface area (Å²) >= 11 is 1.66. The van der Waals surface area contributed by atoms with E-state index < -0.39 is 0 Å². The van der Waals surface area contributed by atoms with Gasteiger partial charge in [-0.1, -0.05) is 0 Å². The highest BCUT2D eigenvalue weighted by Crippen LogP contribution is 2.12. The van der Waals surface area contributed by atoms with Crippen molar-refractivity contribution >= 4 is 17.2 Å². The lowest BCUT2D eigenvalue weighted by molar-refractivity contribution is -0.133. The molecule has 1 aromatic heterocycles. The second kappa shape index (κ2) is 5.43. The van der Waals surface area contributed by atoms with Crippen LogP contribution in [-0.2, 0) is 16.1 Å². The molecule has 88 valence electrons. The number of hydrogen-bond donors (Lipinski definition) is 1. The van der Waals surface area contributed by atoms with Gasteiger partial charge in [0.2, 0.25) is 5.91 Å². The van der Waals surface area contributed by atoms with Crippen LogP contribution in [0.2, 0.25) is 0 Å². The summed E-state index contributed by atoms with van der Waals surface area (Å²) in [5, 5.41) is 7.10. The minimum absolute atomic E-state index is 0.131. The second-order valence-corrected chi connectivity index (χ2v) is 4.59. The fourth-order valence-corrected chi connectivity index (χ4v) is 2.40. The molecule has 4 nitrogen and oxygen atoms in total. The molecule has 2 rings (SSSR count). The summed E-state index contributed by atoms with van der Waals surface area (Å²) in [6.07, 6.45) is 0. The normalized spacial score (nSPS) is 22.2. The van der Waals surface area contributed by atoms with Crippen LogP contribution in [0.25, 0.3) is 0 Å². The Hall–Kier alpha value is -0.910. The number of amides is 1. The Kier molecular flexibility index (Phi) is 3.93. The zero-order valence-electron chi connectivity index (χ0n) is 9.31. The van der Waals surface area contributed by atoms with Crippen molar-refractivity contribution in [3.05, 3.63) is 22.4 Å². The fourth-order valence-electron chi connectivity index (χ4n) is 1.74. The van der Waals surface area contributed by atoms with Crippen LogP contribution >= 0.6 is 11.3 Å². The first-order valence-corrected chi connectivity index (χ1v) is 6.30. The summed E-state index contributed by atoms with van der Waals surface area (Å²) in [6.45, 7) is 2.44. The van der Waals surface area contributed by atoms with Crippen LogP contribution < -0.4 is 5.32 Å². The van der Waals surface area contributed by atoms with Gasteiger partial charge in [-0.05, 0) is 29.4 Å². The third-order valence-corrected chi connectivity index (χ3v) is 3.43. The summed E-state index contributed by atoms with van der Waals surface area (Å²) in [5.74, 6) is 0.131. The highest BCUT2D eigenvalue weighted by molar-refractivity contribution is 7.07. The van der Waals surface area contributed by atoms with E-state index in [1.54, 1.807) is 18.4 Å². The van der Waals surface area contributed by atoms with Gasteiger partial charge < -0.3 is 15.0 Å². The predicted molar refractivity (Wildman–Crippen MR) is 63.4 cm³/mol. The Labute approximate surface area is 99.2 Å². The summed E-state index contributed by atoms with van der Waals surface area (Å²) < 4.78 is 5.40. The maximum Gasteiger partial charge on any atom is 0.242 e. The lowest BCUT2D eigenvalue weighted by atomic mass is 10.2. The van der Waals surface area contributed by atoms with Crippen LogP contribution in [0.3, 0.4) is 0 Å². The number of likely N-dealkylation sites (N-methyl/N-ethyl adjacent to an activating group) is 1. The van der Waals surface area contributed by atoms with Gasteiger partial charge in [-0.15, -0.1) is 0 Å². The first kappa shape index (κ1) is 11.6. The number of carbonyl (C=O) groups is 1. The van der Waals surface area contributed by atoms with Crippen LogP contribution in [0.4, 0.5) is 0 Å². The lowest BCUT2D eigenvalue weighted by Gasteiger charge is -2.22. The van der Waals surface area contributed by atoms with E-state index in [0.717, 1.165) is 0 Å². The SMILES string of the molecule is CNC1COCCN(Cc2ccsc2)C1=O. The highest BCUT2D eigenvalue weighted by atomic mass is 32.1. The molecule has 1 aliphatic rings. The molecule has 1 amide bonds. The van der Waals surface area contributed by atoms with E-state index in [2.05, 4.69) is 16.8 Å². The molecular formula is C11H16N2O2S. The number of nitrogens with zero attached hydrogens (tertiary/aromatic N) is 1. The average Bonchev–Trinajstić information content (AvgIpc) is 2.73. The van der Waals surface area contributed by atoms with E-state index >= 15 is 0 Å². The molecule has 0 aliphatic carbocycles. The molecule has 1 aliphatic heterocycles. The second-order valence-electron chi connectivity index (χ2n) is 3.81. The van der Waals surface area contributed by atoms with Crippen LogP contribution in [0.1, 0.15) is 5.56 Å². The van der Waals surface area contributed by atoms with Crippen molar-refractivity contribution in [1.82, 2.24) is 10.2 Å². The van der Waals surface area contributed by atoms with Gasteiger partial charge in [-0.25, -0.2) is 0 Å². The largest absolute Gasteiger partial charge is 0.377 e. The minimum Gasteiger partial charge on any atom is -0.377 e. The highest BCUT2D eigenvalue weighted by Gasteiger charge is 2.26. The standard InChI is InChI=1S/C11H16N2O2S/c1-12-10-7-15-4-3-13(11(10)14)6-9-2-5-16-8-9/h2,5,8,10,12H,3-4,6-7H2,1H3. The van der Waals surface area contributed by atoms with Crippen molar-refractivity contribution in [2.24, 2.45) is 0 Å². The van der Waals surface area contributed by atoms with Crippen molar-refractivity contribution in [3.8, 4) is 0 Å². The summed E-state index contributed by atoms with van der Waals surface area (Å²) in [5.41, 5.74) is 1.19. The average molecular weight is 240 g/mol. The van der Waals surface area contributed by atoms with E-state index in [-0.39, 0.29) is 11.9 Å². The Morgan fingerprint density at radius 1 is 1.69 bits per heavy atom. The number of ether oxygens (including phenoxy) is 1. The molecule has 2 heterocycles. The van der Waals surface area contributed by atoms with Gasteiger partial charge >= 0.3 is 0 Å². The van der Waals surface area contributed by atoms with E-state index in [1.807, 2.05) is 10.3 Å². The Morgan fingerprint density at radius 3 is 3.25 bits per heavy atom. The third-order valence-electron chi connectivity index (χ3n) is 2.70. The molecule has 0 saturated carbocycles. The van der Waals surface area contributed by atoms with Crippen LogP contribution in [-0.4, -0.2) is 43.7 Å². The molecule has 1 saturated heterocycles. The van der Waals surface area contributed by atoms with Crippen LogP contribution in [0.5, 0.6) is 0 Å². The van der Waals surface area contributed by atoms with E-state index in [1.165, 1.54) is 5.56 Å². The van der Waals surface area contributed by atoms with Gasteiger partial charge in [-0.3, -0.25) is 4.79 Å². The first-order chi connectivity index (χ1) is 7.81. The number of nitrogens with one attached hydrogen (secondary N) is 1. The molecule has 16 heavy (non-hydrogen) atoms. The maximum atomic E-state index is 12.1. The zero-order chi connectivity index (χ0) is 11.4. The molecule has 5 heteroatoms. The van der Waals surface area contributed by atoms with Gasteiger partial charge in [0, 0.05) is 13.1 Å². The van der Waals surface area contributed by atoms with Gasteiger partial charge in [0.05, 0.1) is 13.2 Å². The first-order valence-electron chi connectivity index (χ1n) is 5.36. The number of carbonyl (C=O) groups excluding carboxylic acids is 1. The van der Waals surface area contributed by atoms with Crippen molar-refractivity contribution in [2.45, 2.75) is 12.6 Å². The smallest absolute Gasteiger partial charge is 0.242 e. The van der Waals surface area contributed by atoms with Crippen molar-refractivity contribution in [3.63, 3.8) is 0 Å². The monoisotopic (exact) mass is 240 g/mol. The molecule has 1 aromatic rings. The molecular weight excluding hydrogens is 224 g/mol. The van der Waals surface area contributed by atoms with Gasteiger partial charge in [0.25, 0.3) is 0 Å². The van der Waals surface area contributed by atoms with Crippen LogP contribution in [0, 0.1) is 0 Å². The quantitative estimate of drug-likeness (QED) is 0.845. The summed E-state index contributed by atoms with van der Waals surface area (Å²) in [6, 6.07) is 1.85. The van der Waals surface area contributed by atoms with Crippen LogP contribution in [0.15, 0.2) is 16.8 Å². The van der Waals surface area contributed by atoms with Gasteiger partial charge in [0.1, 0.15) is 6.04 Å². The number of rotatable bonds is 3. The molecule has 0 aromatic carbocycles. The zero-order valence-corrected chi connectivity index (χ0v) is 10.1. The molecule has 0 radical (unpaired) electrons. The van der Waals surface area contributed by atoms with Crippen molar-refractivity contribution < 1.29 is 9.53 Å². The Bertz CT molecular complexity index is 340. The van der Waals surface area contributed by atoms with E-state index in [4.69, 9.17) is 4.74 Å². The maximum absolute atomic E-state index is 12.1. The molecule has 1 unspecified atom stereocenters. The van der Waals surface area contributed by atoms with Gasteiger partial charge in [0.15, 0.2) is 0 Å². The minimum atomic E-state index is -0.207. The molecule has 1 N–H and O–H groups in total. The molecule has 0 spiro atoms. The summed E-state index contributed by atoms with van der Waals surface area (Å²) in [7, 11) is 1.79. The Morgan fingerprint density at radius 2 is 2.56 bits per heavy atom. The third kappa shape index (κ3) is 2.61. The fraction of sp³-hybridized carbons (Fsp3) is 0.545. The lowest BCUT2D eigenvalue weighted by Crippen LogP contribution is -2.45. The topological polar surface area (TPSA) is 41.6 Å². The van der Waals surface area contributed by atoms with Crippen molar-refractivity contribution in [1.29, 1.82) is 0 Å². The van der Waals surface area contributed by atoms with E-state index in [9.17, 15) is 4.79 Å². The molecule has 1 atom stereocenters. The van der Waals surface area contributed by atoms with E-state index in [0.29, 0.717) is 26.3 Å². The summed E-state index contributed by atoms with van der Waals surface area (Å²) in [4.78, 5) is 13.9. The molecule has 1 fully saturated rings.